The van der Waals surface area contributed by atoms with Crippen LogP contribution in [-0.4, -0.2) is 27.7 Å². The van der Waals surface area contributed by atoms with Gasteiger partial charge in [-0.15, -0.1) is 5.10 Å². The molecule has 23 heavy (non-hydrogen) atoms. The van der Waals surface area contributed by atoms with Gasteiger partial charge in [0.15, 0.2) is 0 Å². The molecule has 0 saturated carbocycles. The Balaban J connectivity index is 1.46. The molecule has 0 radical (unpaired) electrons. The number of halogens is 1. The molecule has 3 heterocycles. The van der Waals surface area contributed by atoms with E-state index in [0.717, 1.165) is 35.4 Å². The molecule has 0 N–H and O–H groups in total. The fraction of sp³-hybridized carbons (Fsp3) is 0.312. The first-order valence-corrected chi connectivity index (χ1v) is 8.65. The Labute approximate surface area is 142 Å². The Morgan fingerprint density at radius 1 is 1.30 bits per heavy atom. The van der Waals surface area contributed by atoms with Crippen molar-refractivity contribution >= 4 is 33.0 Å². The van der Waals surface area contributed by atoms with Crippen LogP contribution in [0.4, 0.5) is 5.13 Å². The molecule has 1 aliphatic rings. The van der Waals surface area contributed by atoms with Crippen molar-refractivity contribution in [3.8, 4) is 0 Å². The number of anilines is 1. The van der Waals surface area contributed by atoms with Gasteiger partial charge in [-0.3, -0.25) is 4.79 Å². The second-order valence-electron chi connectivity index (χ2n) is 5.92. The summed E-state index contributed by atoms with van der Waals surface area (Å²) in [7, 11) is 0. The van der Waals surface area contributed by atoms with E-state index in [1.54, 1.807) is 0 Å². The number of rotatable bonds is 3. The van der Waals surface area contributed by atoms with Crippen molar-refractivity contribution in [1.82, 2.24) is 14.6 Å². The predicted octanol–water partition coefficient (Wildman–Crippen LogP) is 2.79. The van der Waals surface area contributed by atoms with Crippen LogP contribution in [0.3, 0.4) is 0 Å². The molecule has 0 spiro atoms. The molecule has 1 aliphatic heterocycles. The minimum atomic E-state index is -0.117. The Bertz CT molecular complexity index is 912. The van der Waals surface area contributed by atoms with Crippen molar-refractivity contribution in [3.05, 3.63) is 57.0 Å². The van der Waals surface area contributed by atoms with E-state index in [-0.39, 0.29) is 5.56 Å². The molecular weight excluding hydrogens is 332 g/mol. The van der Waals surface area contributed by atoms with E-state index in [9.17, 15) is 4.79 Å². The number of nitrogens with zero attached hydrogens (tertiary/aromatic N) is 4. The van der Waals surface area contributed by atoms with Crippen LogP contribution >= 0.6 is 22.9 Å². The van der Waals surface area contributed by atoms with Crippen LogP contribution in [0, 0.1) is 12.8 Å². The van der Waals surface area contributed by atoms with E-state index < -0.39 is 0 Å². The van der Waals surface area contributed by atoms with Crippen molar-refractivity contribution in [2.75, 3.05) is 18.0 Å². The largest absolute Gasteiger partial charge is 0.346 e. The lowest BCUT2D eigenvalue weighted by Gasteiger charge is -2.39. The highest BCUT2D eigenvalue weighted by atomic mass is 35.5. The standard InChI is InChI=1S/C16H15ClN4OS/c1-10-6-14(22)21-15(18-10)23-16(19-21)20-8-12(9-20)7-11-2-4-13(17)5-3-11/h2-6,12H,7-9H2,1H3. The van der Waals surface area contributed by atoms with Gasteiger partial charge in [-0.1, -0.05) is 35.1 Å². The van der Waals surface area contributed by atoms with E-state index >= 15 is 0 Å². The molecular formula is C16H15ClN4OS. The average molecular weight is 347 g/mol. The second kappa shape index (κ2) is 5.62. The van der Waals surface area contributed by atoms with Crippen molar-refractivity contribution < 1.29 is 0 Å². The van der Waals surface area contributed by atoms with E-state index in [4.69, 9.17) is 11.6 Å². The zero-order valence-electron chi connectivity index (χ0n) is 12.6. The van der Waals surface area contributed by atoms with Gasteiger partial charge in [-0.2, -0.15) is 4.52 Å². The maximum atomic E-state index is 11.9. The third-order valence-corrected chi connectivity index (χ3v) is 5.25. The predicted molar refractivity (Wildman–Crippen MR) is 92.7 cm³/mol. The topological polar surface area (TPSA) is 50.5 Å². The molecule has 118 valence electrons. The van der Waals surface area contributed by atoms with Gasteiger partial charge in [-0.25, -0.2) is 4.98 Å². The highest BCUT2D eigenvalue weighted by molar-refractivity contribution is 7.20. The summed E-state index contributed by atoms with van der Waals surface area (Å²) < 4.78 is 1.39. The third kappa shape index (κ3) is 2.84. The molecule has 0 atom stereocenters. The quantitative estimate of drug-likeness (QED) is 0.731. The maximum absolute atomic E-state index is 11.9. The molecule has 5 nitrogen and oxygen atoms in total. The summed E-state index contributed by atoms with van der Waals surface area (Å²) in [5.41, 5.74) is 1.92. The van der Waals surface area contributed by atoms with Crippen molar-refractivity contribution in [1.29, 1.82) is 0 Å². The van der Waals surface area contributed by atoms with Crippen LogP contribution in [0.25, 0.3) is 4.96 Å². The minimum absolute atomic E-state index is 0.117. The zero-order chi connectivity index (χ0) is 16.0. The van der Waals surface area contributed by atoms with Crippen LogP contribution in [-0.2, 0) is 6.42 Å². The molecule has 4 rings (SSSR count). The highest BCUT2D eigenvalue weighted by Crippen LogP contribution is 2.30. The van der Waals surface area contributed by atoms with Gasteiger partial charge in [0.2, 0.25) is 10.1 Å². The van der Waals surface area contributed by atoms with Gasteiger partial charge in [0.1, 0.15) is 0 Å². The van der Waals surface area contributed by atoms with Crippen LogP contribution in [0.1, 0.15) is 11.3 Å². The summed E-state index contributed by atoms with van der Waals surface area (Å²) in [6.07, 6.45) is 1.04. The normalized spacial score (nSPS) is 15.1. The molecule has 1 fully saturated rings. The molecule has 7 heteroatoms. The van der Waals surface area contributed by atoms with Crippen molar-refractivity contribution in [3.63, 3.8) is 0 Å². The highest BCUT2D eigenvalue weighted by Gasteiger charge is 2.29. The summed E-state index contributed by atoms with van der Waals surface area (Å²) in [6, 6.07) is 9.53. The Morgan fingerprint density at radius 2 is 2.04 bits per heavy atom. The molecule has 1 saturated heterocycles. The second-order valence-corrected chi connectivity index (χ2v) is 7.29. The maximum Gasteiger partial charge on any atom is 0.275 e. The lowest BCUT2D eigenvalue weighted by atomic mass is 9.93. The summed E-state index contributed by atoms with van der Waals surface area (Å²) in [6.45, 7) is 3.74. The van der Waals surface area contributed by atoms with E-state index in [0.29, 0.717) is 10.9 Å². The SMILES string of the molecule is Cc1cc(=O)n2nc(N3CC(Cc4ccc(Cl)cc4)C3)sc2n1. The number of aryl methyl sites for hydroxylation is 1. The summed E-state index contributed by atoms with van der Waals surface area (Å²) in [5, 5.41) is 6.04. The summed E-state index contributed by atoms with van der Waals surface area (Å²) in [5.74, 6) is 0.606. The van der Waals surface area contributed by atoms with Gasteiger partial charge in [-0.05, 0) is 37.0 Å². The lowest BCUT2D eigenvalue weighted by Crippen LogP contribution is -2.47. The zero-order valence-corrected chi connectivity index (χ0v) is 14.1. The smallest absolute Gasteiger partial charge is 0.275 e. The van der Waals surface area contributed by atoms with Crippen molar-refractivity contribution in [2.45, 2.75) is 13.3 Å². The number of hydrogen-bond donors (Lipinski definition) is 0. The molecule has 2 aromatic heterocycles. The number of fused-ring (bicyclic) bond motifs is 1. The Kier molecular flexibility index (Phi) is 3.58. The van der Waals surface area contributed by atoms with E-state index in [2.05, 4.69) is 27.1 Å². The van der Waals surface area contributed by atoms with Gasteiger partial charge >= 0.3 is 0 Å². The third-order valence-electron chi connectivity index (χ3n) is 4.03. The monoisotopic (exact) mass is 346 g/mol. The fourth-order valence-electron chi connectivity index (χ4n) is 2.85. The first-order valence-electron chi connectivity index (χ1n) is 7.45. The van der Waals surface area contributed by atoms with Crippen LogP contribution in [0.5, 0.6) is 0 Å². The summed E-state index contributed by atoms with van der Waals surface area (Å²) in [4.78, 5) is 19.1. The van der Waals surface area contributed by atoms with Gasteiger partial charge in [0, 0.05) is 29.9 Å². The Hall–Kier alpha value is -1.92. The van der Waals surface area contributed by atoms with E-state index in [1.165, 1.54) is 27.5 Å². The van der Waals surface area contributed by atoms with Crippen LogP contribution in [0.15, 0.2) is 35.1 Å². The number of benzene rings is 1. The fourth-order valence-corrected chi connectivity index (χ4v) is 3.94. The average Bonchev–Trinajstić information content (AvgIpc) is 2.88. The number of hydrogen-bond acceptors (Lipinski definition) is 5. The molecule has 0 unspecified atom stereocenters. The van der Waals surface area contributed by atoms with Gasteiger partial charge in [0.05, 0.1) is 0 Å². The Morgan fingerprint density at radius 3 is 2.78 bits per heavy atom. The molecule has 0 aliphatic carbocycles. The van der Waals surface area contributed by atoms with Gasteiger partial charge < -0.3 is 4.90 Å². The number of aromatic nitrogens is 3. The molecule has 3 aromatic rings. The lowest BCUT2D eigenvalue weighted by molar-refractivity contribution is 0.406. The molecule has 0 amide bonds. The van der Waals surface area contributed by atoms with Crippen LogP contribution < -0.4 is 10.5 Å². The first-order chi connectivity index (χ1) is 11.1. The first kappa shape index (κ1) is 14.7. The molecule has 1 aromatic carbocycles. The van der Waals surface area contributed by atoms with Crippen LogP contribution in [0.2, 0.25) is 5.02 Å². The van der Waals surface area contributed by atoms with Crippen molar-refractivity contribution in [2.24, 2.45) is 5.92 Å². The van der Waals surface area contributed by atoms with Gasteiger partial charge in [0.25, 0.3) is 5.56 Å². The summed E-state index contributed by atoms with van der Waals surface area (Å²) >= 11 is 7.38. The molecule has 0 bridgehead atoms. The van der Waals surface area contributed by atoms with E-state index in [1.807, 2.05) is 19.1 Å². The minimum Gasteiger partial charge on any atom is -0.346 e.